The lowest BCUT2D eigenvalue weighted by atomic mass is 10.3. The van der Waals surface area contributed by atoms with Crippen LogP contribution < -0.4 is 0 Å². The van der Waals surface area contributed by atoms with Gasteiger partial charge in [-0.25, -0.2) is 0 Å². The van der Waals surface area contributed by atoms with Crippen molar-refractivity contribution >= 4 is 17.5 Å². The molecule has 0 saturated carbocycles. The highest BCUT2D eigenvalue weighted by Gasteiger charge is 2.33. The Balaban J connectivity index is 2.11. The molecule has 16 heavy (non-hydrogen) atoms. The largest absolute Gasteiger partial charge is 0.388 e. The molecule has 0 bridgehead atoms. The second-order valence-electron chi connectivity index (χ2n) is 3.59. The fraction of sp³-hybridized carbons (Fsp3) is 0.444. The molecule has 1 amide bonds. The van der Waals surface area contributed by atoms with Crippen LogP contribution in [0.3, 0.4) is 0 Å². The van der Waals surface area contributed by atoms with E-state index >= 15 is 0 Å². The van der Waals surface area contributed by atoms with Gasteiger partial charge >= 0.3 is 0 Å². The number of aliphatic hydroxyl groups excluding tert-OH is 2. The second-order valence-corrected chi connectivity index (χ2v) is 3.97. The van der Waals surface area contributed by atoms with E-state index in [4.69, 9.17) is 11.6 Å². The highest BCUT2D eigenvalue weighted by atomic mass is 35.5. The molecule has 2 rings (SSSR count). The van der Waals surface area contributed by atoms with Crippen molar-refractivity contribution in [3.8, 4) is 0 Å². The summed E-state index contributed by atoms with van der Waals surface area (Å²) in [7, 11) is 0. The van der Waals surface area contributed by atoms with Crippen molar-refractivity contribution in [3.63, 3.8) is 0 Å². The number of halogens is 1. The third-order valence-corrected chi connectivity index (χ3v) is 2.60. The van der Waals surface area contributed by atoms with Gasteiger partial charge in [-0.15, -0.1) is 10.2 Å². The van der Waals surface area contributed by atoms with Crippen molar-refractivity contribution in [1.29, 1.82) is 0 Å². The first-order chi connectivity index (χ1) is 7.58. The average Bonchev–Trinajstić information content (AvgIpc) is 2.59. The van der Waals surface area contributed by atoms with Gasteiger partial charge in [0.2, 0.25) is 0 Å². The Morgan fingerprint density at radius 2 is 1.94 bits per heavy atom. The van der Waals surface area contributed by atoms with E-state index in [0.717, 1.165) is 0 Å². The summed E-state index contributed by atoms with van der Waals surface area (Å²) in [5.41, 5.74) is 0.144. The van der Waals surface area contributed by atoms with Gasteiger partial charge in [0.15, 0.2) is 10.8 Å². The van der Waals surface area contributed by atoms with E-state index in [1.165, 1.54) is 17.0 Å². The van der Waals surface area contributed by atoms with Crippen LogP contribution in [0, 0.1) is 0 Å². The molecule has 1 aliphatic heterocycles. The molecular weight excluding hydrogens is 234 g/mol. The number of β-amino-alcohol motifs (C(OH)–C–C–N with tert-alkyl or cyclic N) is 2. The minimum Gasteiger partial charge on any atom is -0.388 e. The predicted molar refractivity (Wildman–Crippen MR) is 55.0 cm³/mol. The Labute approximate surface area is 96.5 Å². The molecule has 1 aromatic rings. The van der Waals surface area contributed by atoms with Crippen molar-refractivity contribution in [2.75, 3.05) is 13.1 Å². The Morgan fingerprint density at radius 3 is 2.44 bits per heavy atom. The van der Waals surface area contributed by atoms with Crippen LogP contribution in [0.4, 0.5) is 0 Å². The Kier molecular flexibility index (Phi) is 3.04. The summed E-state index contributed by atoms with van der Waals surface area (Å²) in [5.74, 6) is -0.375. The fourth-order valence-corrected chi connectivity index (χ4v) is 1.63. The van der Waals surface area contributed by atoms with Gasteiger partial charge in [0, 0.05) is 13.1 Å². The lowest BCUT2D eigenvalue weighted by molar-refractivity contribution is 0.0572. The summed E-state index contributed by atoms with van der Waals surface area (Å²) in [5, 5.41) is 26.0. The molecule has 6 nitrogen and oxygen atoms in total. The second kappa shape index (κ2) is 4.32. The number of rotatable bonds is 1. The minimum absolute atomic E-state index is 0.101. The number of hydrogen-bond acceptors (Lipinski definition) is 5. The summed E-state index contributed by atoms with van der Waals surface area (Å²) < 4.78 is 0. The summed E-state index contributed by atoms with van der Waals surface area (Å²) in [6.45, 7) is 0.203. The number of carbonyl (C=O) groups excluding carboxylic acids is 1. The molecule has 1 fully saturated rings. The van der Waals surface area contributed by atoms with E-state index in [1.54, 1.807) is 0 Å². The minimum atomic E-state index is -0.899. The zero-order chi connectivity index (χ0) is 11.7. The highest BCUT2D eigenvalue weighted by molar-refractivity contribution is 6.29. The molecule has 0 radical (unpaired) electrons. The quantitative estimate of drug-likeness (QED) is 0.682. The molecule has 0 aromatic carbocycles. The molecule has 2 N–H and O–H groups in total. The summed E-state index contributed by atoms with van der Waals surface area (Å²) in [4.78, 5) is 13.1. The van der Waals surface area contributed by atoms with Crippen molar-refractivity contribution in [1.82, 2.24) is 15.1 Å². The number of aromatic nitrogens is 2. The van der Waals surface area contributed by atoms with Gasteiger partial charge in [0.1, 0.15) is 0 Å². The normalized spacial score (nSPS) is 24.8. The van der Waals surface area contributed by atoms with Crippen LogP contribution in [0.1, 0.15) is 10.5 Å². The van der Waals surface area contributed by atoms with Crippen molar-refractivity contribution < 1.29 is 15.0 Å². The number of nitrogens with zero attached hydrogens (tertiary/aromatic N) is 3. The Morgan fingerprint density at radius 1 is 1.31 bits per heavy atom. The van der Waals surface area contributed by atoms with Gasteiger partial charge in [0.25, 0.3) is 5.91 Å². The average molecular weight is 244 g/mol. The molecule has 0 spiro atoms. The number of likely N-dealkylation sites (tertiary alicyclic amines) is 1. The smallest absolute Gasteiger partial charge is 0.274 e. The first kappa shape index (κ1) is 11.3. The Bertz CT molecular complexity index is 387. The standard InChI is InChI=1S/C9H10ClN3O3/c10-8-2-1-5(11-12-8)9(16)13-3-6(14)7(15)4-13/h1-2,6-7,14-15H,3-4H2/t6-,7+. The van der Waals surface area contributed by atoms with E-state index in [2.05, 4.69) is 10.2 Å². The molecule has 0 unspecified atom stereocenters. The number of aliphatic hydroxyl groups is 2. The maximum Gasteiger partial charge on any atom is 0.274 e. The lowest BCUT2D eigenvalue weighted by Crippen LogP contribution is -2.30. The molecular formula is C9H10ClN3O3. The third-order valence-electron chi connectivity index (χ3n) is 2.40. The van der Waals surface area contributed by atoms with E-state index in [-0.39, 0.29) is 29.8 Å². The van der Waals surface area contributed by atoms with Crippen molar-refractivity contribution in [3.05, 3.63) is 23.0 Å². The highest BCUT2D eigenvalue weighted by Crippen LogP contribution is 2.13. The maximum absolute atomic E-state index is 11.8. The first-order valence-corrected chi connectivity index (χ1v) is 5.10. The molecule has 1 aromatic heterocycles. The van der Waals surface area contributed by atoms with Crippen LogP contribution in [-0.4, -0.2) is 56.5 Å². The molecule has 1 saturated heterocycles. The number of hydrogen-bond donors (Lipinski definition) is 2. The van der Waals surface area contributed by atoms with E-state index in [9.17, 15) is 15.0 Å². The molecule has 2 heterocycles. The van der Waals surface area contributed by atoms with Gasteiger partial charge in [-0.1, -0.05) is 11.6 Å². The van der Waals surface area contributed by atoms with Crippen LogP contribution in [0.25, 0.3) is 0 Å². The van der Waals surface area contributed by atoms with Crippen LogP contribution >= 0.6 is 11.6 Å². The zero-order valence-electron chi connectivity index (χ0n) is 8.25. The van der Waals surface area contributed by atoms with E-state index < -0.39 is 12.2 Å². The SMILES string of the molecule is O=C(c1ccc(Cl)nn1)N1C[C@@H](O)[C@@H](O)C1. The van der Waals surface area contributed by atoms with Gasteiger partial charge in [-0.05, 0) is 12.1 Å². The third kappa shape index (κ3) is 2.13. The van der Waals surface area contributed by atoms with Gasteiger partial charge in [-0.3, -0.25) is 4.79 Å². The van der Waals surface area contributed by atoms with Crippen LogP contribution in [-0.2, 0) is 0 Å². The van der Waals surface area contributed by atoms with Gasteiger partial charge in [0.05, 0.1) is 12.2 Å². The van der Waals surface area contributed by atoms with Gasteiger partial charge < -0.3 is 15.1 Å². The summed E-state index contributed by atoms with van der Waals surface area (Å²) in [6, 6.07) is 2.92. The molecule has 1 aliphatic rings. The predicted octanol–water partition coefficient (Wildman–Crippen LogP) is -0.692. The van der Waals surface area contributed by atoms with Crippen molar-refractivity contribution in [2.45, 2.75) is 12.2 Å². The molecule has 86 valence electrons. The summed E-state index contributed by atoms with van der Waals surface area (Å²) >= 11 is 5.54. The van der Waals surface area contributed by atoms with Gasteiger partial charge in [-0.2, -0.15) is 0 Å². The molecule has 7 heteroatoms. The topological polar surface area (TPSA) is 86.6 Å². The Hall–Kier alpha value is -1.24. The number of carbonyl (C=O) groups is 1. The van der Waals surface area contributed by atoms with E-state index in [1.807, 2.05) is 0 Å². The monoisotopic (exact) mass is 243 g/mol. The summed E-state index contributed by atoms with van der Waals surface area (Å²) in [6.07, 6.45) is -1.80. The first-order valence-electron chi connectivity index (χ1n) is 4.72. The van der Waals surface area contributed by atoms with E-state index in [0.29, 0.717) is 0 Å². The van der Waals surface area contributed by atoms with Crippen LogP contribution in [0.5, 0.6) is 0 Å². The van der Waals surface area contributed by atoms with Crippen LogP contribution in [0.15, 0.2) is 12.1 Å². The van der Waals surface area contributed by atoms with Crippen molar-refractivity contribution in [2.24, 2.45) is 0 Å². The number of amides is 1. The zero-order valence-corrected chi connectivity index (χ0v) is 9.00. The lowest BCUT2D eigenvalue weighted by Gasteiger charge is -2.13. The molecule has 0 aliphatic carbocycles. The van der Waals surface area contributed by atoms with Crippen LogP contribution in [0.2, 0.25) is 5.15 Å². The maximum atomic E-state index is 11.8. The fourth-order valence-electron chi connectivity index (χ4n) is 1.53. The molecule has 2 atom stereocenters.